The number of ether oxygens (including phenoxy) is 1. The average Bonchev–Trinajstić information content (AvgIpc) is 2.73. The molecule has 2 aliphatic carbocycles. The Morgan fingerprint density at radius 3 is 2.35 bits per heavy atom. The highest BCUT2D eigenvalue weighted by atomic mass is 127. The van der Waals surface area contributed by atoms with E-state index in [-0.39, 0.29) is 0 Å². The lowest BCUT2D eigenvalue weighted by Gasteiger charge is -2.55. The van der Waals surface area contributed by atoms with E-state index in [0.717, 1.165) is 12.2 Å². The van der Waals surface area contributed by atoms with Crippen LogP contribution < -0.4 is 10.1 Å². The SMILES string of the molecule is CNC1CC(Oc2ccc(I)cc2)C12CCCCCC2. The number of halogens is 1. The average molecular weight is 385 g/mol. The highest BCUT2D eigenvalue weighted by Crippen LogP contribution is 2.52. The fraction of sp³-hybridized carbons (Fsp3) is 0.647. The third kappa shape index (κ3) is 2.71. The van der Waals surface area contributed by atoms with E-state index >= 15 is 0 Å². The molecule has 2 aliphatic rings. The van der Waals surface area contributed by atoms with Crippen LogP contribution in [0.4, 0.5) is 0 Å². The summed E-state index contributed by atoms with van der Waals surface area (Å²) in [5.74, 6) is 1.04. The van der Waals surface area contributed by atoms with Gasteiger partial charge in [-0.1, -0.05) is 25.7 Å². The molecule has 2 saturated carbocycles. The first-order chi connectivity index (χ1) is 9.74. The Labute approximate surface area is 135 Å². The van der Waals surface area contributed by atoms with Crippen LogP contribution in [0.3, 0.4) is 0 Å². The van der Waals surface area contributed by atoms with Crippen LogP contribution in [0, 0.1) is 8.99 Å². The van der Waals surface area contributed by atoms with Crippen LogP contribution in [0.5, 0.6) is 5.75 Å². The quantitative estimate of drug-likeness (QED) is 0.781. The van der Waals surface area contributed by atoms with Crippen molar-refractivity contribution in [2.24, 2.45) is 5.41 Å². The monoisotopic (exact) mass is 385 g/mol. The van der Waals surface area contributed by atoms with Crippen molar-refractivity contribution in [3.63, 3.8) is 0 Å². The molecule has 1 aromatic rings. The molecule has 1 N–H and O–H groups in total. The molecule has 0 aliphatic heterocycles. The van der Waals surface area contributed by atoms with Crippen LogP contribution in [0.2, 0.25) is 0 Å². The van der Waals surface area contributed by atoms with Crippen LogP contribution in [0.1, 0.15) is 44.9 Å². The van der Waals surface area contributed by atoms with Gasteiger partial charge in [0.05, 0.1) is 0 Å². The second-order valence-corrected chi connectivity index (χ2v) is 7.53. The Morgan fingerprint density at radius 2 is 1.75 bits per heavy atom. The Balaban J connectivity index is 1.73. The topological polar surface area (TPSA) is 21.3 Å². The molecular weight excluding hydrogens is 361 g/mol. The minimum Gasteiger partial charge on any atom is -0.490 e. The van der Waals surface area contributed by atoms with Crippen molar-refractivity contribution >= 4 is 22.6 Å². The molecule has 0 aromatic heterocycles. The van der Waals surface area contributed by atoms with Crippen LogP contribution in [-0.4, -0.2) is 19.2 Å². The molecule has 3 rings (SSSR count). The van der Waals surface area contributed by atoms with E-state index < -0.39 is 0 Å². The van der Waals surface area contributed by atoms with Crippen molar-refractivity contribution < 1.29 is 4.74 Å². The van der Waals surface area contributed by atoms with E-state index in [9.17, 15) is 0 Å². The molecule has 0 heterocycles. The summed E-state index contributed by atoms with van der Waals surface area (Å²) in [4.78, 5) is 0. The van der Waals surface area contributed by atoms with Crippen LogP contribution in [0.15, 0.2) is 24.3 Å². The Hall–Kier alpha value is -0.290. The van der Waals surface area contributed by atoms with E-state index in [2.05, 4.69) is 59.2 Å². The zero-order chi connectivity index (χ0) is 14.0. The predicted molar refractivity (Wildman–Crippen MR) is 91.2 cm³/mol. The summed E-state index contributed by atoms with van der Waals surface area (Å²) >= 11 is 2.34. The molecule has 0 amide bonds. The minimum absolute atomic E-state index is 0.383. The first-order valence-corrected chi connectivity index (χ1v) is 8.92. The lowest BCUT2D eigenvalue weighted by molar-refractivity contribution is -0.0882. The van der Waals surface area contributed by atoms with Gasteiger partial charge >= 0.3 is 0 Å². The number of hydrogen-bond donors (Lipinski definition) is 1. The van der Waals surface area contributed by atoms with Gasteiger partial charge in [-0.2, -0.15) is 0 Å². The summed E-state index contributed by atoms with van der Waals surface area (Å²) < 4.78 is 7.61. The zero-order valence-electron chi connectivity index (χ0n) is 12.2. The summed E-state index contributed by atoms with van der Waals surface area (Å²) in [5, 5.41) is 3.53. The minimum atomic E-state index is 0.383. The molecule has 0 saturated heterocycles. The van der Waals surface area contributed by atoms with Crippen molar-refractivity contribution in [2.75, 3.05) is 7.05 Å². The molecule has 0 radical (unpaired) electrons. The van der Waals surface area contributed by atoms with Crippen LogP contribution in [-0.2, 0) is 0 Å². The van der Waals surface area contributed by atoms with Gasteiger partial charge in [-0.25, -0.2) is 0 Å². The van der Waals surface area contributed by atoms with Gasteiger partial charge in [0.2, 0.25) is 0 Å². The summed E-state index contributed by atoms with van der Waals surface area (Å²) in [5.41, 5.74) is 0.383. The maximum atomic E-state index is 6.34. The summed E-state index contributed by atoms with van der Waals surface area (Å²) in [6.07, 6.45) is 9.74. The maximum Gasteiger partial charge on any atom is 0.119 e. The van der Waals surface area contributed by atoms with E-state index in [1.54, 1.807) is 0 Å². The normalized spacial score (nSPS) is 28.7. The first kappa shape index (κ1) is 14.6. The van der Waals surface area contributed by atoms with Gasteiger partial charge in [-0.15, -0.1) is 0 Å². The second kappa shape index (κ2) is 6.22. The number of benzene rings is 1. The van der Waals surface area contributed by atoms with Gasteiger partial charge in [0.15, 0.2) is 0 Å². The van der Waals surface area contributed by atoms with Crippen molar-refractivity contribution in [3.8, 4) is 5.75 Å². The standard InChI is InChI=1S/C17H24INO/c1-19-15-12-16(17(15)10-4-2-3-5-11-17)20-14-8-6-13(18)7-9-14/h6-9,15-16,19H,2-5,10-12H2,1H3. The van der Waals surface area contributed by atoms with Crippen molar-refractivity contribution in [2.45, 2.75) is 57.1 Å². The lowest BCUT2D eigenvalue weighted by Crippen LogP contribution is -2.64. The van der Waals surface area contributed by atoms with Crippen molar-refractivity contribution in [1.82, 2.24) is 5.32 Å². The van der Waals surface area contributed by atoms with E-state index in [1.165, 1.54) is 42.1 Å². The van der Waals surface area contributed by atoms with Gasteiger partial charge in [-0.3, -0.25) is 0 Å². The molecule has 2 atom stereocenters. The van der Waals surface area contributed by atoms with E-state index in [4.69, 9.17) is 4.74 Å². The van der Waals surface area contributed by atoms with Crippen LogP contribution in [0.25, 0.3) is 0 Å². The van der Waals surface area contributed by atoms with Crippen LogP contribution >= 0.6 is 22.6 Å². The fourth-order valence-corrected chi connectivity index (χ4v) is 4.41. The van der Waals surface area contributed by atoms with E-state index in [1.807, 2.05) is 0 Å². The highest BCUT2D eigenvalue weighted by Gasteiger charge is 2.55. The second-order valence-electron chi connectivity index (χ2n) is 6.28. The van der Waals surface area contributed by atoms with Gasteiger partial charge in [0.25, 0.3) is 0 Å². The Morgan fingerprint density at radius 1 is 1.10 bits per heavy atom. The van der Waals surface area contributed by atoms with Crippen molar-refractivity contribution in [1.29, 1.82) is 0 Å². The Bertz CT molecular complexity index is 437. The number of nitrogens with one attached hydrogen (secondary N) is 1. The third-order valence-corrected chi connectivity index (χ3v) is 5.98. The summed E-state index contributed by atoms with van der Waals surface area (Å²) in [6, 6.07) is 9.13. The lowest BCUT2D eigenvalue weighted by atomic mass is 9.58. The van der Waals surface area contributed by atoms with Gasteiger partial charge < -0.3 is 10.1 Å². The summed E-state index contributed by atoms with van der Waals surface area (Å²) in [6.45, 7) is 0. The largest absolute Gasteiger partial charge is 0.490 e. The fourth-order valence-electron chi connectivity index (χ4n) is 4.05. The Kier molecular flexibility index (Phi) is 4.55. The highest BCUT2D eigenvalue weighted by molar-refractivity contribution is 14.1. The summed E-state index contributed by atoms with van der Waals surface area (Å²) in [7, 11) is 2.11. The third-order valence-electron chi connectivity index (χ3n) is 5.26. The van der Waals surface area contributed by atoms with Crippen molar-refractivity contribution in [3.05, 3.63) is 27.8 Å². The smallest absolute Gasteiger partial charge is 0.119 e. The maximum absolute atomic E-state index is 6.34. The number of rotatable bonds is 3. The van der Waals surface area contributed by atoms with E-state index in [0.29, 0.717) is 17.6 Å². The molecule has 110 valence electrons. The molecule has 20 heavy (non-hydrogen) atoms. The molecule has 2 fully saturated rings. The van der Waals surface area contributed by atoms with Gasteiger partial charge in [-0.05, 0) is 66.7 Å². The van der Waals surface area contributed by atoms with Gasteiger partial charge in [0, 0.05) is 21.4 Å². The molecule has 2 nitrogen and oxygen atoms in total. The molecular formula is C17H24INO. The predicted octanol–water partition coefficient (Wildman–Crippen LogP) is 4.37. The first-order valence-electron chi connectivity index (χ1n) is 7.84. The molecule has 0 bridgehead atoms. The molecule has 1 aromatic carbocycles. The molecule has 3 heteroatoms. The van der Waals surface area contributed by atoms with Gasteiger partial charge in [0.1, 0.15) is 11.9 Å². The molecule has 1 spiro atoms. The zero-order valence-corrected chi connectivity index (χ0v) is 14.4. The molecule has 2 unspecified atom stereocenters. The number of hydrogen-bond acceptors (Lipinski definition) is 2.